The van der Waals surface area contributed by atoms with Crippen molar-refractivity contribution in [1.82, 2.24) is 29.5 Å². The van der Waals surface area contributed by atoms with Crippen LogP contribution >= 0.6 is 0 Å². The van der Waals surface area contributed by atoms with E-state index in [-0.39, 0.29) is 31.2 Å². The van der Waals surface area contributed by atoms with Crippen LogP contribution in [0.15, 0.2) is 60.9 Å². The summed E-state index contributed by atoms with van der Waals surface area (Å²) < 4.78 is 64.6. The van der Waals surface area contributed by atoms with Gasteiger partial charge in [-0.25, -0.2) is 18.6 Å². The van der Waals surface area contributed by atoms with Gasteiger partial charge >= 0.3 is 6.09 Å². The van der Waals surface area contributed by atoms with Crippen LogP contribution in [-0.4, -0.2) is 62.0 Å². The molecule has 0 atom stereocenters. The van der Waals surface area contributed by atoms with Gasteiger partial charge in [-0.3, -0.25) is 14.4 Å². The number of nitrogens with one attached hydrogen (secondary N) is 1. The minimum atomic E-state index is -1.55. The Labute approximate surface area is 311 Å². The molecule has 1 aliphatic heterocycles. The molecule has 7 rings (SSSR count). The number of methoxy groups -OCH3 is 1. The molecule has 0 spiro atoms. The maximum absolute atomic E-state index is 14.9. The predicted molar refractivity (Wildman–Crippen MR) is 195 cm³/mol. The number of aromatic nitrogens is 4. The normalized spacial score (nSPS) is 17.3. The van der Waals surface area contributed by atoms with E-state index >= 15 is 0 Å². The van der Waals surface area contributed by atoms with Crippen LogP contribution in [0.2, 0.25) is 0 Å². The van der Waals surface area contributed by atoms with Crippen LogP contribution in [0.1, 0.15) is 74.2 Å². The Morgan fingerprint density at radius 1 is 0.944 bits per heavy atom. The molecule has 1 aliphatic carbocycles. The summed E-state index contributed by atoms with van der Waals surface area (Å²) in [6.07, 6.45) is 6.92. The lowest BCUT2D eigenvalue weighted by atomic mass is 9.86. The van der Waals surface area contributed by atoms with Crippen LogP contribution < -0.4 is 14.8 Å². The van der Waals surface area contributed by atoms with Crippen molar-refractivity contribution in [2.24, 2.45) is 5.92 Å². The van der Waals surface area contributed by atoms with Crippen LogP contribution in [0.4, 0.5) is 18.0 Å². The standard InChI is InChI=1S/C40H43F3N6O5/c1-40(2,3)54-39(51)48-16-15-47-21-33(45-34(47)22-48)26-9-10-27-20-49(46-32(27)17-26)28-11-5-24(6-12-28)19-44-38(50)30-18-31(41)37(36(43)35(30)42)53-23-25-7-13-29(52-4)14-8-25/h7-10,13-14,17-18,20-21,24,28H,5-6,11-12,15-16,19,22-23H2,1-4H3,(H,44,50). The largest absolute Gasteiger partial charge is 0.497 e. The van der Waals surface area contributed by atoms with Crippen molar-refractivity contribution in [1.29, 1.82) is 0 Å². The molecular weight excluding hydrogens is 701 g/mol. The van der Waals surface area contributed by atoms with Gasteiger partial charge in [-0.1, -0.05) is 24.3 Å². The number of carbonyl (C=O) groups excluding carboxylic acids is 2. The van der Waals surface area contributed by atoms with Crippen LogP contribution in [0.25, 0.3) is 22.2 Å². The SMILES string of the molecule is COc1ccc(COc2c(F)cc(C(=O)NCC3CCC(n4cc5ccc(-c6cn7c(n6)CN(C(=O)OC(C)(C)C)CC7)cc5n4)CC3)c(F)c2F)cc1. The van der Waals surface area contributed by atoms with Crippen molar-refractivity contribution >= 4 is 22.9 Å². The molecular formula is C40H43F3N6O5. The molecule has 3 aromatic carbocycles. The monoisotopic (exact) mass is 744 g/mol. The van der Waals surface area contributed by atoms with Gasteiger partial charge in [0.25, 0.3) is 5.91 Å². The molecule has 11 nitrogen and oxygen atoms in total. The van der Waals surface area contributed by atoms with Crippen LogP contribution in [0.3, 0.4) is 0 Å². The van der Waals surface area contributed by atoms with E-state index in [0.717, 1.165) is 53.7 Å². The van der Waals surface area contributed by atoms with Gasteiger partial charge < -0.3 is 24.1 Å². The Kier molecular flexibility index (Phi) is 10.3. The maximum Gasteiger partial charge on any atom is 0.410 e. The van der Waals surface area contributed by atoms with Crippen molar-refractivity contribution < 1.29 is 37.0 Å². The molecule has 5 aromatic rings. The lowest BCUT2D eigenvalue weighted by molar-refractivity contribution is 0.0195. The molecule has 1 N–H and O–H groups in total. The highest BCUT2D eigenvalue weighted by Crippen LogP contribution is 2.34. The van der Waals surface area contributed by atoms with Crippen molar-refractivity contribution in [3.8, 4) is 22.8 Å². The fourth-order valence-electron chi connectivity index (χ4n) is 6.95. The number of hydrogen-bond acceptors (Lipinski definition) is 7. The summed E-state index contributed by atoms with van der Waals surface area (Å²) in [6.45, 7) is 7.16. The Bertz CT molecular complexity index is 2170. The van der Waals surface area contributed by atoms with E-state index in [1.54, 1.807) is 29.2 Å². The van der Waals surface area contributed by atoms with Crippen molar-refractivity contribution in [3.05, 3.63) is 95.3 Å². The smallest absolute Gasteiger partial charge is 0.410 e. The molecule has 1 fully saturated rings. The Hall–Kier alpha value is -5.53. The second kappa shape index (κ2) is 15.1. The third-order valence-corrected chi connectivity index (χ3v) is 9.92. The molecule has 0 unspecified atom stereocenters. The summed E-state index contributed by atoms with van der Waals surface area (Å²) in [5.41, 5.74) is 1.92. The lowest BCUT2D eigenvalue weighted by Crippen LogP contribution is -2.41. The first-order chi connectivity index (χ1) is 25.8. The van der Waals surface area contributed by atoms with Gasteiger partial charge in [0.05, 0.1) is 36.5 Å². The van der Waals surface area contributed by atoms with Gasteiger partial charge in [0, 0.05) is 43.0 Å². The number of rotatable bonds is 9. The molecule has 54 heavy (non-hydrogen) atoms. The topological polar surface area (TPSA) is 113 Å². The van der Waals surface area contributed by atoms with Gasteiger partial charge in [-0.15, -0.1) is 0 Å². The summed E-state index contributed by atoms with van der Waals surface area (Å²) in [4.78, 5) is 32.0. The van der Waals surface area contributed by atoms with Gasteiger partial charge in [-0.05, 0) is 82.2 Å². The Balaban J connectivity index is 0.922. The van der Waals surface area contributed by atoms with Crippen molar-refractivity contribution in [3.63, 3.8) is 0 Å². The number of hydrogen-bond donors (Lipinski definition) is 1. The first kappa shape index (κ1) is 36.8. The van der Waals surface area contributed by atoms with Gasteiger partial charge in [0.1, 0.15) is 23.8 Å². The summed E-state index contributed by atoms with van der Waals surface area (Å²) in [6, 6.07) is 13.6. The molecule has 2 amide bonds. The number of carbonyl (C=O) groups is 2. The summed E-state index contributed by atoms with van der Waals surface area (Å²) in [5.74, 6) is -4.43. The van der Waals surface area contributed by atoms with Gasteiger partial charge in [0.15, 0.2) is 17.4 Å². The highest BCUT2D eigenvalue weighted by Gasteiger charge is 2.29. The zero-order valence-corrected chi connectivity index (χ0v) is 30.7. The molecule has 2 aromatic heterocycles. The Morgan fingerprint density at radius 3 is 2.43 bits per heavy atom. The van der Waals surface area contributed by atoms with E-state index in [9.17, 15) is 22.8 Å². The maximum atomic E-state index is 14.9. The first-order valence-electron chi connectivity index (χ1n) is 18.1. The summed E-state index contributed by atoms with van der Waals surface area (Å²) in [5, 5.41) is 8.57. The highest BCUT2D eigenvalue weighted by atomic mass is 19.2. The number of amides is 2. The quantitative estimate of drug-likeness (QED) is 0.153. The average molecular weight is 745 g/mol. The molecule has 284 valence electrons. The number of benzene rings is 3. The van der Waals surface area contributed by atoms with E-state index in [4.69, 9.17) is 24.3 Å². The van der Waals surface area contributed by atoms with Crippen molar-refractivity contribution in [2.75, 3.05) is 20.2 Å². The fraction of sp³-hybridized carbons (Fsp3) is 0.400. The number of ether oxygens (including phenoxy) is 3. The number of nitrogens with zero attached hydrogens (tertiary/aromatic N) is 5. The van der Waals surface area contributed by atoms with Crippen molar-refractivity contribution in [2.45, 2.75) is 77.8 Å². The van der Waals surface area contributed by atoms with Crippen LogP contribution in [0, 0.1) is 23.4 Å². The predicted octanol–water partition coefficient (Wildman–Crippen LogP) is 7.82. The zero-order valence-electron chi connectivity index (χ0n) is 30.7. The number of imidazole rings is 1. The third kappa shape index (κ3) is 8.02. The van der Waals surface area contributed by atoms with E-state index in [1.165, 1.54) is 7.11 Å². The molecule has 0 radical (unpaired) electrons. The molecule has 0 saturated heterocycles. The van der Waals surface area contributed by atoms with E-state index in [2.05, 4.69) is 9.88 Å². The molecule has 14 heteroatoms. The number of halogens is 3. The minimum Gasteiger partial charge on any atom is -0.497 e. The molecule has 0 bridgehead atoms. The van der Waals surface area contributed by atoms with E-state index < -0.39 is 40.3 Å². The summed E-state index contributed by atoms with van der Waals surface area (Å²) in [7, 11) is 1.52. The Morgan fingerprint density at radius 2 is 1.70 bits per heavy atom. The van der Waals surface area contributed by atoms with E-state index in [0.29, 0.717) is 37.0 Å². The highest BCUT2D eigenvalue weighted by molar-refractivity contribution is 5.94. The average Bonchev–Trinajstić information content (AvgIpc) is 3.79. The number of fused-ring (bicyclic) bond motifs is 2. The zero-order chi connectivity index (χ0) is 38.1. The third-order valence-electron chi connectivity index (χ3n) is 9.92. The first-order valence-corrected chi connectivity index (χ1v) is 18.1. The lowest BCUT2D eigenvalue weighted by Gasteiger charge is -2.30. The van der Waals surface area contributed by atoms with Crippen LogP contribution in [-0.2, 0) is 24.4 Å². The van der Waals surface area contributed by atoms with Gasteiger partial charge in [-0.2, -0.15) is 9.49 Å². The van der Waals surface area contributed by atoms with Crippen LogP contribution in [0.5, 0.6) is 11.5 Å². The molecule has 1 saturated carbocycles. The van der Waals surface area contributed by atoms with Gasteiger partial charge in [0.2, 0.25) is 5.82 Å². The second-order valence-electron chi connectivity index (χ2n) is 14.9. The summed E-state index contributed by atoms with van der Waals surface area (Å²) >= 11 is 0. The minimum absolute atomic E-state index is 0.116. The van der Waals surface area contributed by atoms with E-state index in [1.807, 2.05) is 56.0 Å². The molecule has 3 heterocycles. The molecule has 2 aliphatic rings. The fourth-order valence-corrected chi connectivity index (χ4v) is 6.95. The second-order valence-corrected chi connectivity index (χ2v) is 14.9.